The molecule has 1 aromatic rings. The molecule has 2 rings (SSSR count). The second-order valence-corrected chi connectivity index (χ2v) is 5.55. The molecule has 1 fully saturated rings. The zero-order chi connectivity index (χ0) is 13.0. The van der Waals surface area contributed by atoms with Crippen molar-refractivity contribution in [1.29, 1.82) is 0 Å². The Morgan fingerprint density at radius 1 is 1.39 bits per heavy atom. The van der Waals surface area contributed by atoms with Crippen molar-refractivity contribution in [2.24, 2.45) is 0 Å². The molecule has 1 saturated heterocycles. The fourth-order valence-corrected chi connectivity index (χ4v) is 2.42. The van der Waals surface area contributed by atoms with Gasteiger partial charge in [-0.25, -0.2) is 0 Å². The summed E-state index contributed by atoms with van der Waals surface area (Å²) < 4.78 is 0. The van der Waals surface area contributed by atoms with Gasteiger partial charge >= 0.3 is 0 Å². The van der Waals surface area contributed by atoms with Crippen molar-refractivity contribution in [2.75, 3.05) is 19.6 Å². The molecular formula is C14H24N4. The lowest BCUT2D eigenvalue weighted by atomic mass is 9.98. The Morgan fingerprint density at radius 3 is 2.89 bits per heavy atom. The van der Waals surface area contributed by atoms with E-state index in [0.717, 1.165) is 44.0 Å². The monoisotopic (exact) mass is 248 g/mol. The van der Waals surface area contributed by atoms with Crippen LogP contribution in [0.2, 0.25) is 0 Å². The lowest BCUT2D eigenvalue weighted by molar-refractivity contribution is 0.206. The van der Waals surface area contributed by atoms with Crippen LogP contribution in [0.25, 0.3) is 0 Å². The van der Waals surface area contributed by atoms with Crippen LogP contribution in [0.5, 0.6) is 0 Å². The van der Waals surface area contributed by atoms with Gasteiger partial charge in [-0.3, -0.25) is 14.9 Å². The molecule has 1 aromatic heterocycles. The van der Waals surface area contributed by atoms with Gasteiger partial charge in [-0.05, 0) is 39.8 Å². The molecule has 4 heteroatoms. The van der Waals surface area contributed by atoms with E-state index in [4.69, 9.17) is 0 Å². The van der Waals surface area contributed by atoms with E-state index in [2.05, 4.69) is 34.0 Å². The van der Waals surface area contributed by atoms with E-state index in [1.54, 1.807) is 0 Å². The Balaban J connectivity index is 2.01. The predicted octanol–water partition coefficient (Wildman–Crippen LogP) is 1.75. The standard InChI is InChI=1S/C14H24N4/c1-4-14(3)11-18(7-5-6-17-14)10-13-9-15-12(2)8-16-13/h8-9,17H,4-7,10-11H2,1-3H3. The van der Waals surface area contributed by atoms with Crippen molar-refractivity contribution in [3.05, 3.63) is 23.8 Å². The maximum atomic E-state index is 4.45. The summed E-state index contributed by atoms with van der Waals surface area (Å²) in [5.74, 6) is 0. The number of aromatic nitrogens is 2. The molecule has 4 nitrogen and oxygen atoms in total. The van der Waals surface area contributed by atoms with Gasteiger partial charge in [0.25, 0.3) is 0 Å². The van der Waals surface area contributed by atoms with Gasteiger partial charge in [0.1, 0.15) is 0 Å². The largest absolute Gasteiger partial charge is 0.310 e. The first-order valence-electron chi connectivity index (χ1n) is 6.86. The zero-order valence-corrected chi connectivity index (χ0v) is 11.7. The Hall–Kier alpha value is -1.00. The lowest BCUT2D eigenvalue weighted by Gasteiger charge is -2.32. The molecule has 0 aliphatic carbocycles. The quantitative estimate of drug-likeness (QED) is 0.885. The molecule has 18 heavy (non-hydrogen) atoms. The fourth-order valence-electron chi connectivity index (χ4n) is 2.42. The topological polar surface area (TPSA) is 41.1 Å². The van der Waals surface area contributed by atoms with Crippen molar-refractivity contribution in [2.45, 2.75) is 45.7 Å². The van der Waals surface area contributed by atoms with Crippen LogP contribution in [0.4, 0.5) is 0 Å². The second-order valence-electron chi connectivity index (χ2n) is 5.55. The van der Waals surface area contributed by atoms with Crippen molar-refractivity contribution >= 4 is 0 Å². The van der Waals surface area contributed by atoms with E-state index >= 15 is 0 Å². The van der Waals surface area contributed by atoms with Crippen LogP contribution in [0.15, 0.2) is 12.4 Å². The van der Waals surface area contributed by atoms with Crippen LogP contribution in [0, 0.1) is 6.92 Å². The molecule has 0 bridgehead atoms. The van der Waals surface area contributed by atoms with E-state index in [0.29, 0.717) is 0 Å². The van der Waals surface area contributed by atoms with Gasteiger partial charge in [-0.1, -0.05) is 6.92 Å². The Labute approximate surface area is 110 Å². The minimum absolute atomic E-state index is 0.231. The van der Waals surface area contributed by atoms with Gasteiger partial charge in [0.15, 0.2) is 0 Å². The molecule has 2 heterocycles. The normalized spacial score (nSPS) is 25.9. The van der Waals surface area contributed by atoms with E-state index in [1.165, 1.54) is 6.42 Å². The summed E-state index contributed by atoms with van der Waals surface area (Å²) in [7, 11) is 0. The van der Waals surface area contributed by atoms with Crippen molar-refractivity contribution in [3.63, 3.8) is 0 Å². The van der Waals surface area contributed by atoms with Crippen LogP contribution >= 0.6 is 0 Å². The smallest absolute Gasteiger partial charge is 0.0727 e. The van der Waals surface area contributed by atoms with E-state index in [1.807, 2.05) is 19.3 Å². The number of nitrogens with one attached hydrogen (secondary N) is 1. The minimum Gasteiger partial charge on any atom is -0.310 e. The summed E-state index contributed by atoms with van der Waals surface area (Å²) in [6.45, 7) is 10.8. The van der Waals surface area contributed by atoms with Crippen LogP contribution in [-0.4, -0.2) is 40.0 Å². The second kappa shape index (κ2) is 5.76. The molecule has 1 N–H and O–H groups in total. The van der Waals surface area contributed by atoms with Crippen LogP contribution in [0.1, 0.15) is 38.1 Å². The van der Waals surface area contributed by atoms with Gasteiger partial charge in [-0.15, -0.1) is 0 Å². The van der Waals surface area contributed by atoms with Crippen LogP contribution in [0.3, 0.4) is 0 Å². The molecule has 1 aliphatic heterocycles. The SMILES string of the molecule is CCC1(C)CN(Cc2cnc(C)cn2)CCCN1. The number of rotatable bonds is 3. The Bertz CT molecular complexity index is 376. The van der Waals surface area contributed by atoms with Gasteiger partial charge in [0.05, 0.1) is 11.4 Å². The molecule has 1 aliphatic rings. The highest BCUT2D eigenvalue weighted by Crippen LogP contribution is 2.16. The molecule has 0 radical (unpaired) electrons. The van der Waals surface area contributed by atoms with E-state index in [9.17, 15) is 0 Å². The molecule has 0 amide bonds. The number of hydrogen-bond acceptors (Lipinski definition) is 4. The van der Waals surface area contributed by atoms with Gasteiger partial charge in [0, 0.05) is 31.0 Å². The average Bonchev–Trinajstić information content (AvgIpc) is 2.55. The highest BCUT2D eigenvalue weighted by atomic mass is 15.2. The Morgan fingerprint density at radius 2 is 2.22 bits per heavy atom. The number of nitrogens with zero attached hydrogens (tertiary/aromatic N) is 3. The molecule has 1 unspecified atom stereocenters. The predicted molar refractivity (Wildman–Crippen MR) is 73.4 cm³/mol. The fraction of sp³-hybridized carbons (Fsp3) is 0.714. The van der Waals surface area contributed by atoms with Gasteiger partial charge in [-0.2, -0.15) is 0 Å². The van der Waals surface area contributed by atoms with Crippen LogP contribution < -0.4 is 5.32 Å². The molecule has 0 saturated carbocycles. The highest BCUT2D eigenvalue weighted by Gasteiger charge is 2.27. The molecule has 0 spiro atoms. The van der Waals surface area contributed by atoms with Crippen molar-refractivity contribution < 1.29 is 0 Å². The Kier molecular flexibility index (Phi) is 4.30. The summed E-state index contributed by atoms with van der Waals surface area (Å²) >= 11 is 0. The third-order valence-corrected chi connectivity index (χ3v) is 3.78. The van der Waals surface area contributed by atoms with Crippen molar-refractivity contribution in [3.8, 4) is 0 Å². The zero-order valence-electron chi connectivity index (χ0n) is 11.7. The number of hydrogen-bond donors (Lipinski definition) is 1. The third kappa shape index (κ3) is 3.50. The number of aryl methyl sites for hydroxylation is 1. The van der Waals surface area contributed by atoms with Gasteiger partial charge < -0.3 is 5.32 Å². The summed E-state index contributed by atoms with van der Waals surface area (Å²) in [6.07, 6.45) is 6.11. The maximum absolute atomic E-state index is 4.45. The van der Waals surface area contributed by atoms with E-state index in [-0.39, 0.29) is 5.54 Å². The maximum Gasteiger partial charge on any atom is 0.0727 e. The molecule has 0 aromatic carbocycles. The first-order chi connectivity index (χ1) is 8.61. The first kappa shape index (κ1) is 13.4. The summed E-state index contributed by atoms with van der Waals surface area (Å²) in [5, 5.41) is 3.65. The lowest BCUT2D eigenvalue weighted by Crippen LogP contribution is -2.48. The molecule has 1 atom stereocenters. The third-order valence-electron chi connectivity index (χ3n) is 3.78. The summed E-state index contributed by atoms with van der Waals surface area (Å²) in [5.41, 5.74) is 2.28. The minimum atomic E-state index is 0.231. The van der Waals surface area contributed by atoms with E-state index < -0.39 is 0 Å². The van der Waals surface area contributed by atoms with Gasteiger partial charge in [0.2, 0.25) is 0 Å². The average molecular weight is 248 g/mol. The first-order valence-corrected chi connectivity index (χ1v) is 6.86. The van der Waals surface area contributed by atoms with Crippen LogP contribution in [-0.2, 0) is 6.54 Å². The summed E-state index contributed by atoms with van der Waals surface area (Å²) in [6, 6.07) is 0. The summed E-state index contributed by atoms with van der Waals surface area (Å²) in [4.78, 5) is 11.3. The molecular weight excluding hydrogens is 224 g/mol. The molecule has 100 valence electrons. The van der Waals surface area contributed by atoms with Crippen molar-refractivity contribution in [1.82, 2.24) is 20.2 Å². The highest BCUT2D eigenvalue weighted by molar-refractivity contribution is 5.01.